The summed E-state index contributed by atoms with van der Waals surface area (Å²) in [7, 11) is 0. The second kappa shape index (κ2) is 6.67. The fourth-order valence-electron chi connectivity index (χ4n) is 3.01. The van der Waals surface area contributed by atoms with Gasteiger partial charge in [0.1, 0.15) is 17.1 Å². The predicted molar refractivity (Wildman–Crippen MR) is 94.4 cm³/mol. The van der Waals surface area contributed by atoms with Crippen LogP contribution in [-0.4, -0.2) is 27.3 Å². The molecule has 1 aliphatic rings. The summed E-state index contributed by atoms with van der Waals surface area (Å²) in [5, 5.41) is 17.8. The summed E-state index contributed by atoms with van der Waals surface area (Å²) in [4.78, 5) is 12.7. The Hall–Kier alpha value is -2.08. The van der Waals surface area contributed by atoms with E-state index in [0.717, 1.165) is 30.8 Å². The third kappa shape index (κ3) is 3.95. The van der Waals surface area contributed by atoms with Crippen molar-refractivity contribution < 1.29 is 14.3 Å². The van der Waals surface area contributed by atoms with Crippen LogP contribution in [0.2, 0.25) is 0 Å². The highest BCUT2D eigenvalue weighted by atomic mass is 16.4. The molecule has 0 bridgehead atoms. The van der Waals surface area contributed by atoms with E-state index < -0.39 is 5.60 Å². The molecule has 2 heterocycles. The second-order valence-electron chi connectivity index (χ2n) is 7.66. The number of carbonyl (C=O) groups excluding carboxylic acids is 1. The van der Waals surface area contributed by atoms with Crippen LogP contribution >= 0.6 is 0 Å². The van der Waals surface area contributed by atoms with Crippen molar-refractivity contribution in [2.45, 2.75) is 58.6 Å². The lowest BCUT2D eigenvalue weighted by molar-refractivity contribution is 0.0323. The molecule has 3 rings (SSSR count). The van der Waals surface area contributed by atoms with Gasteiger partial charge in [0.2, 0.25) is 0 Å². The van der Waals surface area contributed by atoms with Gasteiger partial charge < -0.3 is 14.8 Å². The summed E-state index contributed by atoms with van der Waals surface area (Å²) in [6, 6.07) is 3.53. The lowest BCUT2D eigenvalue weighted by atomic mass is 10.0. The fourth-order valence-corrected chi connectivity index (χ4v) is 3.01. The first-order valence-corrected chi connectivity index (χ1v) is 8.91. The Balaban J connectivity index is 1.72. The van der Waals surface area contributed by atoms with Gasteiger partial charge >= 0.3 is 0 Å². The lowest BCUT2D eigenvalue weighted by Gasteiger charge is -2.21. The molecule has 1 saturated carbocycles. The quantitative estimate of drug-likeness (QED) is 0.808. The van der Waals surface area contributed by atoms with Crippen LogP contribution in [-0.2, 0) is 12.1 Å². The van der Waals surface area contributed by atoms with Crippen LogP contribution in [0.5, 0.6) is 0 Å². The van der Waals surface area contributed by atoms with Crippen LogP contribution in [0, 0.1) is 12.8 Å². The summed E-state index contributed by atoms with van der Waals surface area (Å²) in [6.45, 7) is 8.63. The van der Waals surface area contributed by atoms with Crippen LogP contribution in [0.1, 0.15) is 67.1 Å². The third-order valence-corrected chi connectivity index (χ3v) is 4.49. The Morgan fingerprint density at radius 3 is 2.76 bits per heavy atom. The molecule has 1 atom stereocenters. The summed E-state index contributed by atoms with van der Waals surface area (Å²) < 4.78 is 7.45. The Morgan fingerprint density at radius 1 is 1.48 bits per heavy atom. The number of hydrogen-bond donors (Lipinski definition) is 2. The molecule has 0 aromatic carbocycles. The van der Waals surface area contributed by atoms with E-state index in [1.54, 1.807) is 25.3 Å². The molecule has 6 heteroatoms. The molecule has 1 unspecified atom stereocenters. The van der Waals surface area contributed by atoms with Crippen molar-refractivity contribution in [3.05, 3.63) is 41.1 Å². The third-order valence-electron chi connectivity index (χ3n) is 4.49. The zero-order valence-corrected chi connectivity index (χ0v) is 15.4. The molecule has 2 aromatic heterocycles. The average Bonchev–Trinajstić information content (AvgIpc) is 3.13. The normalized spacial score (nSPS) is 16.9. The Kier molecular flexibility index (Phi) is 4.73. The molecule has 136 valence electrons. The minimum Gasteiger partial charge on any atom is -0.463 e. The number of aliphatic hydroxyl groups is 1. The molecular weight excluding hydrogens is 318 g/mol. The van der Waals surface area contributed by atoms with Gasteiger partial charge in [-0.2, -0.15) is 5.10 Å². The van der Waals surface area contributed by atoms with Gasteiger partial charge in [0.25, 0.3) is 5.91 Å². The van der Waals surface area contributed by atoms with E-state index in [1.165, 1.54) is 0 Å². The molecule has 1 aliphatic carbocycles. The molecule has 0 radical (unpaired) electrons. The molecule has 0 saturated heterocycles. The predicted octanol–water partition coefficient (Wildman–Crippen LogP) is 2.96. The van der Waals surface area contributed by atoms with Crippen molar-refractivity contribution in [3.63, 3.8) is 0 Å². The summed E-state index contributed by atoms with van der Waals surface area (Å²) in [5.41, 5.74) is 0.395. The van der Waals surface area contributed by atoms with E-state index >= 15 is 0 Å². The van der Waals surface area contributed by atoms with Gasteiger partial charge in [-0.1, -0.05) is 13.8 Å². The maximum absolute atomic E-state index is 12.7. The van der Waals surface area contributed by atoms with Gasteiger partial charge in [0, 0.05) is 12.5 Å². The topological polar surface area (TPSA) is 80.3 Å². The van der Waals surface area contributed by atoms with Crippen LogP contribution in [0.3, 0.4) is 0 Å². The molecule has 2 aromatic rings. The summed E-state index contributed by atoms with van der Waals surface area (Å²) in [5.74, 6) is 1.88. The summed E-state index contributed by atoms with van der Waals surface area (Å²) in [6.07, 6.45) is 3.86. The zero-order chi connectivity index (χ0) is 18.2. The monoisotopic (exact) mass is 345 g/mol. The first-order valence-electron chi connectivity index (χ1n) is 8.91. The van der Waals surface area contributed by atoms with Crippen molar-refractivity contribution in [1.29, 1.82) is 0 Å². The molecule has 0 aliphatic heterocycles. The van der Waals surface area contributed by atoms with Crippen molar-refractivity contribution in [2.24, 2.45) is 5.92 Å². The maximum Gasteiger partial charge on any atom is 0.254 e. The molecule has 6 nitrogen and oxygen atoms in total. The van der Waals surface area contributed by atoms with E-state index in [2.05, 4.69) is 24.3 Å². The van der Waals surface area contributed by atoms with E-state index in [4.69, 9.17) is 4.42 Å². The van der Waals surface area contributed by atoms with E-state index in [-0.39, 0.29) is 12.5 Å². The first kappa shape index (κ1) is 17.7. The van der Waals surface area contributed by atoms with Gasteiger partial charge in [-0.3, -0.25) is 9.48 Å². The van der Waals surface area contributed by atoms with Gasteiger partial charge in [-0.15, -0.1) is 0 Å². The first-order chi connectivity index (χ1) is 11.8. The Bertz CT molecular complexity index is 754. The highest BCUT2D eigenvalue weighted by Gasteiger charge is 2.33. The highest BCUT2D eigenvalue weighted by molar-refractivity contribution is 5.95. The van der Waals surface area contributed by atoms with Crippen LogP contribution in [0.25, 0.3) is 0 Å². The number of nitrogens with zero attached hydrogens (tertiary/aromatic N) is 2. The van der Waals surface area contributed by atoms with Crippen LogP contribution < -0.4 is 5.32 Å². The van der Waals surface area contributed by atoms with Gasteiger partial charge in [0.05, 0.1) is 24.0 Å². The number of aromatic nitrogens is 2. The van der Waals surface area contributed by atoms with E-state index in [9.17, 15) is 9.90 Å². The number of furan rings is 1. The number of carbonyl (C=O) groups is 1. The highest BCUT2D eigenvalue weighted by Crippen LogP contribution is 2.41. The molecule has 0 spiro atoms. The smallest absolute Gasteiger partial charge is 0.254 e. The van der Waals surface area contributed by atoms with Crippen molar-refractivity contribution in [3.8, 4) is 0 Å². The van der Waals surface area contributed by atoms with Crippen molar-refractivity contribution in [2.75, 3.05) is 6.54 Å². The molecular formula is C19H27N3O3. The fraction of sp³-hybridized carbons (Fsp3) is 0.579. The van der Waals surface area contributed by atoms with Gasteiger partial charge in [0.15, 0.2) is 0 Å². The minimum absolute atomic E-state index is 0.0816. The molecule has 1 amide bonds. The van der Waals surface area contributed by atoms with Gasteiger partial charge in [-0.05, 0) is 44.7 Å². The largest absolute Gasteiger partial charge is 0.463 e. The van der Waals surface area contributed by atoms with Crippen molar-refractivity contribution >= 4 is 5.91 Å². The zero-order valence-electron chi connectivity index (χ0n) is 15.4. The van der Waals surface area contributed by atoms with Gasteiger partial charge in [-0.25, -0.2) is 0 Å². The standard InChI is InChI=1S/C19H27N3O3/c1-12(2)10-22-17(14-6-7-14)15(9-21-22)18(23)20-11-19(4,24)16-8-5-13(3)25-16/h5,8-9,12,14,24H,6-7,10-11H2,1-4H3,(H,20,23). The number of aryl methyl sites for hydroxylation is 1. The number of rotatable bonds is 7. The second-order valence-corrected chi connectivity index (χ2v) is 7.66. The minimum atomic E-state index is -1.25. The van der Waals surface area contributed by atoms with Crippen LogP contribution in [0.15, 0.2) is 22.7 Å². The summed E-state index contributed by atoms with van der Waals surface area (Å²) >= 11 is 0. The molecule has 1 fully saturated rings. The number of hydrogen-bond acceptors (Lipinski definition) is 4. The Labute approximate surface area is 148 Å². The van der Waals surface area contributed by atoms with E-state index in [1.807, 2.05) is 11.6 Å². The molecule has 2 N–H and O–H groups in total. The SMILES string of the molecule is Cc1ccc(C(C)(O)CNC(=O)c2cnn(CC(C)C)c2C2CC2)o1. The van der Waals surface area contributed by atoms with E-state index in [0.29, 0.717) is 23.2 Å². The number of nitrogens with one attached hydrogen (secondary N) is 1. The lowest BCUT2D eigenvalue weighted by Crippen LogP contribution is -2.38. The maximum atomic E-state index is 12.7. The van der Waals surface area contributed by atoms with Crippen LogP contribution in [0.4, 0.5) is 0 Å². The van der Waals surface area contributed by atoms with Crippen molar-refractivity contribution in [1.82, 2.24) is 15.1 Å². The Morgan fingerprint density at radius 2 is 2.20 bits per heavy atom. The molecule has 25 heavy (non-hydrogen) atoms. The number of amides is 1. The average molecular weight is 345 g/mol.